The summed E-state index contributed by atoms with van der Waals surface area (Å²) in [5.41, 5.74) is 2.77. The van der Waals surface area contributed by atoms with Gasteiger partial charge in [0.25, 0.3) is 0 Å². The number of amides is 1. The van der Waals surface area contributed by atoms with E-state index in [1.165, 1.54) is 25.1 Å². The van der Waals surface area contributed by atoms with Gasteiger partial charge in [0, 0.05) is 67.4 Å². The van der Waals surface area contributed by atoms with Gasteiger partial charge in [0.1, 0.15) is 11.6 Å². The normalized spacial score (nSPS) is 21.9. The van der Waals surface area contributed by atoms with E-state index in [9.17, 15) is 4.79 Å². The summed E-state index contributed by atoms with van der Waals surface area (Å²) in [4.78, 5) is 31.3. The first-order valence-corrected chi connectivity index (χ1v) is 13.1. The number of carbonyl (C=O) groups is 1. The van der Waals surface area contributed by atoms with Gasteiger partial charge in [-0.1, -0.05) is 0 Å². The van der Waals surface area contributed by atoms with E-state index in [-0.39, 0.29) is 11.8 Å². The monoisotopic (exact) mass is 497 g/mol. The number of hydrogen-bond donors (Lipinski definition) is 2. The smallest absolute Gasteiger partial charge is 0.228 e. The van der Waals surface area contributed by atoms with E-state index in [0.29, 0.717) is 23.6 Å². The molecule has 2 unspecified atom stereocenters. The summed E-state index contributed by atoms with van der Waals surface area (Å²) in [5.74, 6) is 2.69. The molecule has 0 radical (unpaired) electrons. The summed E-state index contributed by atoms with van der Waals surface area (Å²) >= 11 is 0. The van der Waals surface area contributed by atoms with Crippen LogP contribution in [0.1, 0.15) is 25.7 Å². The van der Waals surface area contributed by atoms with Gasteiger partial charge in [-0.2, -0.15) is 0 Å². The Hall–Kier alpha value is -3.79. The molecule has 1 saturated carbocycles. The number of nitrogens with one attached hydrogen (secondary N) is 2. The van der Waals surface area contributed by atoms with E-state index in [4.69, 9.17) is 10.1 Å². The molecule has 37 heavy (non-hydrogen) atoms. The quantitative estimate of drug-likeness (QED) is 0.433. The highest BCUT2D eigenvalue weighted by Gasteiger charge is 2.33. The lowest BCUT2D eigenvalue weighted by Crippen LogP contribution is -2.41. The van der Waals surface area contributed by atoms with Gasteiger partial charge in [-0.25, -0.2) is 19.5 Å². The average molecular weight is 498 g/mol. The number of pyridine rings is 3. The number of piperidine rings is 1. The molecule has 4 aromatic rings. The topological polar surface area (TPSA) is 104 Å². The van der Waals surface area contributed by atoms with Crippen molar-refractivity contribution in [1.82, 2.24) is 29.5 Å². The van der Waals surface area contributed by atoms with Crippen LogP contribution in [0.5, 0.6) is 0 Å². The van der Waals surface area contributed by atoms with E-state index in [0.717, 1.165) is 53.7 Å². The fourth-order valence-corrected chi connectivity index (χ4v) is 5.86. The van der Waals surface area contributed by atoms with Crippen LogP contribution < -0.4 is 15.5 Å². The summed E-state index contributed by atoms with van der Waals surface area (Å²) in [5, 5.41) is 12.7. The number of aromatic nitrogens is 5. The zero-order chi connectivity index (χ0) is 25.1. The molecule has 2 N–H and O–H groups in total. The van der Waals surface area contributed by atoms with Crippen LogP contribution in [0.15, 0.2) is 36.8 Å². The molecule has 2 bridgehead atoms. The van der Waals surface area contributed by atoms with E-state index >= 15 is 0 Å². The van der Waals surface area contributed by atoms with Crippen LogP contribution in [-0.4, -0.2) is 75.1 Å². The number of nitrogens with zero attached hydrogens (tertiary/aromatic N) is 7. The van der Waals surface area contributed by atoms with Crippen molar-refractivity contribution >= 4 is 39.6 Å². The number of hydrogen-bond acceptors (Lipinski definition) is 8. The summed E-state index contributed by atoms with van der Waals surface area (Å²) in [7, 11) is 4.09. The lowest BCUT2D eigenvalue weighted by Gasteiger charge is -2.32. The summed E-state index contributed by atoms with van der Waals surface area (Å²) in [6.45, 7) is 3.30. The molecule has 1 amide bonds. The highest BCUT2D eigenvalue weighted by atomic mass is 16.2. The Bertz CT molecular complexity index is 1510. The number of likely N-dealkylation sites (N-methyl/N-ethyl adjacent to an activating group) is 1. The minimum atomic E-state index is 0.0304. The van der Waals surface area contributed by atoms with E-state index in [1.807, 2.05) is 23.7 Å². The van der Waals surface area contributed by atoms with Crippen LogP contribution in [-0.2, 0) is 4.79 Å². The Kier molecular flexibility index (Phi) is 5.24. The second-order valence-corrected chi connectivity index (χ2v) is 10.7. The molecule has 1 aliphatic carbocycles. The number of anilines is 3. The Balaban J connectivity index is 1.26. The van der Waals surface area contributed by atoms with Crippen LogP contribution in [0.2, 0.25) is 0 Å². The molecule has 10 nitrogen and oxygen atoms in total. The first kappa shape index (κ1) is 22.4. The molecular weight excluding hydrogens is 466 g/mol. The molecule has 3 saturated heterocycles. The average Bonchev–Trinajstić information content (AvgIpc) is 3.72. The Labute approximate surface area is 215 Å². The lowest BCUT2D eigenvalue weighted by atomic mass is 9.96. The molecule has 0 spiro atoms. The van der Waals surface area contributed by atoms with E-state index in [2.05, 4.69) is 49.7 Å². The maximum Gasteiger partial charge on any atom is 0.228 e. The van der Waals surface area contributed by atoms with Crippen LogP contribution in [0.3, 0.4) is 0 Å². The van der Waals surface area contributed by atoms with Crippen molar-refractivity contribution in [2.24, 2.45) is 11.8 Å². The van der Waals surface area contributed by atoms with Crippen molar-refractivity contribution in [2.45, 2.75) is 31.7 Å². The van der Waals surface area contributed by atoms with Crippen molar-refractivity contribution in [1.29, 1.82) is 0 Å². The molecule has 4 fully saturated rings. The molecule has 10 heteroatoms. The maximum absolute atomic E-state index is 12.3. The Morgan fingerprint density at radius 3 is 2.73 bits per heavy atom. The minimum Gasteiger partial charge on any atom is -0.373 e. The fraction of sp³-hybridized carbons (Fsp3) is 0.444. The largest absolute Gasteiger partial charge is 0.373 e. The summed E-state index contributed by atoms with van der Waals surface area (Å²) < 4.78 is 1.87. The van der Waals surface area contributed by atoms with Crippen molar-refractivity contribution in [3.63, 3.8) is 0 Å². The summed E-state index contributed by atoms with van der Waals surface area (Å²) in [6.07, 6.45) is 10.1. The van der Waals surface area contributed by atoms with Gasteiger partial charge < -0.3 is 20.4 Å². The van der Waals surface area contributed by atoms with Crippen molar-refractivity contribution in [2.75, 3.05) is 49.3 Å². The van der Waals surface area contributed by atoms with Crippen LogP contribution in [0.25, 0.3) is 27.8 Å². The van der Waals surface area contributed by atoms with Crippen LogP contribution in [0, 0.1) is 11.8 Å². The van der Waals surface area contributed by atoms with Gasteiger partial charge in [-0.3, -0.25) is 4.79 Å². The maximum atomic E-state index is 12.3. The number of fused-ring (bicyclic) bond motifs is 6. The molecule has 0 aromatic carbocycles. The highest BCUT2D eigenvalue weighted by molar-refractivity contribution is 6.03. The lowest BCUT2D eigenvalue weighted by molar-refractivity contribution is -0.117. The second kappa shape index (κ2) is 8.65. The third-order valence-corrected chi connectivity index (χ3v) is 8.12. The van der Waals surface area contributed by atoms with Crippen molar-refractivity contribution < 1.29 is 4.79 Å². The van der Waals surface area contributed by atoms with Gasteiger partial charge in [-0.15, -0.1) is 5.10 Å². The third-order valence-electron chi connectivity index (χ3n) is 8.12. The fourth-order valence-electron chi connectivity index (χ4n) is 5.86. The zero-order valence-electron chi connectivity index (χ0n) is 21.2. The zero-order valence-corrected chi connectivity index (χ0v) is 21.2. The van der Waals surface area contributed by atoms with Gasteiger partial charge in [-0.05, 0) is 56.8 Å². The van der Waals surface area contributed by atoms with Crippen molar-refractivity contribution in [3.05, 3.63) is 36.8 Å². The number of rotatable bonds is 5. The Morgan fingerprint density at radius 1 is 1.03 bits per heavy atom. The van der Waals surface area contributed by atoms with Gasteiger partial charge in [0.15, 0.2) is 11.5 Å². The molecular formula is C27H31N9O. The highest BCUT2D eigenvalue weighted by Crippen LogP contribution is 2.34. The molecule has 190 valence electrons. The molecule has 4 aliphatic rings. The predicted octanol–water partition coefficient (Wildman–Crippen LogP) is 3.26. The standard InChI is InChI=1S/C27H31N9O/c1-28-25-21-10-29-23(31-27(37)17-4-5-17)9-20(21)22(11-30-25)26-32-24-8-7-19(15-36(24)33-26)35-13-16-3-6-18(14-35)34(2)12-16/h7-11,15-18H,3-6,12-14H2,1-2H3,(H,28,30)(H,29,31,37). The number of carbonyl (C=O) groups excluding carboxylic acids is 1. The summed E-state index contributed by atoms with van der Waals surface area (Å²) in [6, 6.07) is 6.71. The predicted molar refractivity (Wildman–Crippen MR) is 144 cm³/mol. The first-order chi connectivity index (χ1) is 18.1. The van der Waals surface area contributed by atoms with Gasteiger partial charge in [0.05, 0.1) is 11.9 Å². The van der Waals surface area contributed by atoms with Gasteiger partial charge >= 0.3 is 0 Å². The van der Waals surface area contributed by atoms with Crippen LogP contribution in [0.4, 0.5) is 17.3 Å². The van der Waals surface area contributed by atoms with Crippen LogP contribution >= 0.6 is 0 Å². The SMILES string of the molecule is CNc1ncc(-c2nc3ccc(N4CC5CCC(C4)N(C)C5)cn3n2)c2cc(NC(=O)C3CC3)ncc12. The first-order valence-electron chi connectivity index (χ1n) is 13.1. The van der Waals surface area contributed by atoms with Crippen molar-refractivity contribution in [3.8, 4) is 11.4 Å². The Morgan fingerprint density at radius 2 is 1.92 bits per heavy atom. The molecule has 4 aromatic heterocycles. The van der Waals surface area contributed by atoms with E-state index < -0.39 is 0 Å². The third kappa shape index (κ3) is 4.05. The van der Waals surface area contributed by atoms with Gasteiger partial charge in [0.2, 0.25) is 5.91 Å². The molecule has 3 aliphatic heterocycles. The molecule has 2 atom stereocenters. The molecule has 8 rings (SSSR count). The molecule has 7 heterocycles. The van der Waals surface area contributed by atoms with E-state index in [1.54, 1.807) is 12.4 Å². The minimum absolute atomic E-state index is 0.0304. The second-order valence-electron chi connectivity index (χ2n) is 10.7.